The van der Waals surface area contributed by atoms with E-state index in [1.165, 1.54) is 18.1 Å². The largest absolute Gasteiger partial charge is 0.508 e. The molecule has 0 unspecified atom stereocenters. The summed E-state index contributed by atoms with van der Waals surface area (Å²) in [5.41, 5.74) is 0.411. The molecule has 2 aliphatic carbocycles. The van der Waals surface area contributed by atoms with Crippen LogP contribution in [0.4, 0.5) is 5.69 Å². The lowest BCUT2D eigenvalue weighted by Crippen LogP contribution is -2.53. The minimum absolute atomic E-state index is 0.0174. The highest BCUT2D eigenvalue weighted by Crippen LogP contribution is 2.65. The number of halogens is 1. The van der Waals surface area contributed by atoms with Gasteiger partial charge in [0.2, 0.25) is 23.6 Å². The van der Waals surface area contributed by atoms with Crippen molar-refractivity contribution < 1.29 is 38.9 Å². The van der Waals surface area contributed by atoms with Gasteiger partial charge < -0.3 is 14.9 Å². The van der Waals surface area contributed by atoms with Gasteiger partial charge in [0.25, 0.3) is 0 Å². The van der Waals surface area contributed by atoms with Crippen LogP contribution in [0.5, 0.6) is 11.5 Å². The first-order valence-electron chi connectivity index (χ1n) is 15.9. The van der Waals surface area contributed by atoms with Crippen LogP contribution < -0.4 is 9.64 Å². The van der Waals surface area contributed by atoms with Gasteiger partial charge in [-0.3, -0.25) is 28.9 Å². The molecule has 11 heteroatoms. The molecule has 48 heavy (non-hydrogen) atoms. The van der Waals surface area contributed by atoms with Crippen LogP contribution in [0.15, 0.2) is 84.4 Å². The number of fused-ring (bicyclic) bond motifs is 4. The van der Waals surface area contributed by atoms with Gasteiger partial charge in [-0.25, -0.2) is 4.90 Å². The number of amides is 4. The van der Waals surface area contributed by atoms with E-state index in [-0.39, 0.29) is 43.9 Å². The van der Waals surface area contributed by atoms with Gasteiger partial charge in [-0.2, -0.15) is 0 Å². The molecule has 0 aromatic heterocycles. The number of rotatable bonds is 8. The Morgan fingerprint density at radius 1 is 0.958 bits per heavy atom. The first-order chi connectivity index (χ1) is 23.1. The Balaban J connectivity index is 1.45. The number of likely N-dealkylation sites (tertiary alicyclic amines) is 1. The normalized spacial score (nSPS) is 27.8. The fraction of sp³-hybridized carbons (Fsp3) is 0.324. The Hall–Kier alpha value is -4.96. The molecule has 7 rings (SSSR count). The Bertz CT molecular complexity index is 1890. The van der Waals surface area contributed by atoms with E-state index in [0.717, 1.165) is 4.90 Å². The summed E-state index contributed by atoms with van der Waals surface area (Å²) in [5, 5.41) is 21.0. The van der Waals surface area contributed by atoms with E-state index in [1.807, 2.05) is 24.3 Å². The SMILES string of the molecule is COc1ccc(O)c([C@H]2C3=CC[C@@H]4C(=O)N(CCCC(=O)O)C(=O)[C@@H]4[C@@H]3C[C@H]3C(=O)N(c4cccc(Cl)c4)C(=O)[C@@]23c2ccccc2)c1. The molecule has 10 nitrogen and oxygen atoms in total. The van der Waals surface area contributed by atoms with Crippen molar-refractivity contribution in [1.29, 1.82) is 0 Å². The highest BCUT2D eigenvalue weighted by molar-refractivity contribution is 6.32. The number of hydrogen-bond donors (Lipinski definition) is 2. The molecule has 2 heterocycles. The zero-order valence-corrected chi connectivity index (χ0v) is 26.8. The number of carboxylic acids is 1. The van der Waals surface area contributed by atoms with E-state index in [9.17, 15) is 24.3 Å². The smallest absolute Gasteiger partial charge is 0.303 e. The first kappa shape index (κ1) is 31.6. The quantitative estimate of drug-likeness (QED) is 0.250. The third-order valence-electron chi connectivity index (χ3n) is 10.6. The summed E-state index contributed by atoms with van der Waals surface area (Å²) >= 11 is 6.35. The molecule has 4 aliphatic rings. The van der Waals surface area contributed by atoms with E-state index in [4.69, 9.17) is 21.4 Å². The van der Waals surface area contributed by atoms with Gasteiger partial charge in [-0.15, -0.1) is 0 Å². The molecule has 246 valence electrons. The molecule has 2 saturated heterocycles. The molecule has 0 bridgehead atoms. The van der Waals surface area contributed by atoms with Crippen molar-refractivity contribution in [3.05, 3.63) is 101 Å². The molecule has 1 saturated carbocycles. The summed E-state index contributed by atoms with van der Waals surface area (Å²) in [6.45, 7) is -0.0174. The number of ether oxygens (including phenoxy) is 1. The van der Waals surface area contributed by atoms with Gasteiger partial charge in [-0.1, -0.05) is 59.6 Å². The molecule has 3 aromatic carbocycles. The van der Waals surface area contributed by atoms with Crippen molar-refractivity contribution in [2.45, 2.75) is 37.0 Å². The number of aliphatic carboxylic acids is 1. The molecule has 2 aliphatic heterocycles. The molecule has 6 atom stereocenters. The molecular weight excluding hydrogens is 636 g/mol. The van der Waals surface area contributed by atoms with E-state index in [1.54, 1.807) is 48.5 Å². The van der Waals surface area contributed by atoms with E-state index in [0.29, 0.717) is 33.2 Å². The van der Waals surface area contributed by atoms with Crippen LogP contribution >= 0.6 is 11.6 Å². The number of hydrogen-bond acceptors (Lipinski definition) is 7. The van der Waals surface area contributed by atoms with Gasteiger partial charge in [0.1, 0.15) is 11.5 Å². The maximum atomic E-state index is 15.2. The summed E-state index contributed by atoms with van der Waals surface area (Å²) in [6, 6.07) is 20.3. The highest BCUT2D eigenvalue weighted by atomic mass is 35.5. The van der Waals surface area contributed by atoms with Crippen molar-refractivity contribution in [2.24, 2.45) is 23.7 Å². The molecule has 3 aromatic rings. The number of nitrogens with zero attached hydrogens (tertiary/aromatic N) is 2. The van der Waals surface area contributed by atoms with Gasteiger partial charge in [-0.05, 0) is 67.1 Å². The topological polar surface area (TPSA) is 142 Å². The number of methoxy groups -OCH3 is 1. The van der Waals surface area contributed by atoms with Crippen LogP contribution in [-0.2, 0) is 29.4 Å². The number of carboxylic acid groups (broad SMARTS) is 1. The summed E-state index contributed by atoms with van der Waals surface area (Å²) in [4.78, 5) is 71.2. The van der Waals surface area contributed by atoms with Gasteiger partial charge in [0, 0.05) is 29.5 Å². The van der Waals surface area contributed by atoms with Crippen molar-refractivity contribution in [1.82, 2.24) is 4.90 Å². The average molecular weight is 669 g/mol. The van der Waals surface area contributed by atoms with Crippen molar-refractivity contribution >= 4 is 46.9 Å². The molecule has 2 N–H and O–H groups in total. The number of carbonyl (C=O) groups excluding carboxylic acids is 4. The minimum atomic E-state index is -1.54. The van der Waals surface area contributed by atoms with Crippen molar-refractivity contribution in [2.75, 3.05) is 18.6 Å². The summed E-state index contributed by atoms with van der Waals surface area (Å²) < 4.78 is 5.55. The maximum Gasteiger partial charge on any atom is 0.303 e. The number of benzene rings is 3. The number of carbonyl (C=O) groups is 5. The molecule has 0 radical (unpaired) electrons. The molecule has 4 amide bonds. The molecule has 3 fully saturated rings. The number of phenolic OH excluding ortho intramolecular Hbond substituents is 1. The number of aromatic hydroxyl groups is 1. The monoisotopic (exact) mass is 668 g/mol. The molecular formula is C37H33ClN2O8. The van der Waals surface area contributed by atoms with Crippen LogP contribution in [0, 0.1) is 23.7 Å². The van der Waals surface area contributed by atoms with Crippen LogP contribution in [0.1, 0.15) is 42.7 Å². The number of phenols is 1. The fourth-order valence-corrected chi connectivity index (χ4v) is 8.84. The van der Waals surface area contributed by atoms with Crippen molar-refractivity contribution in [3.8, 4) is 11.5 Å². The lowest BCUT2D eigenvalue weighted by atomic mass is 9.49. The lowest BCUT2D eigenvalue weighted by molar-refractivity contribution is -0.142. The summed E-state index contributed by atoms with van der Waals surface area (Å²) in [7, 11) is 1.49. The van der Waals surface area contributed by atoms with Crippen LogP contribution in [-0.4, -0.2) is 58.4 Å². The zero-order chi connectivity index (χ0) is 33.9. The highest BCUT2D eigenvalue weighted by Gasteiger charge is 2.70. The van der Waals surface area contributed by atoms with E-state index in [2.05, 4.69) is 0 Å². The second-order valence-corrected chi connectivity index (χ2v) is 13.3. The van der Waals surface area contributed by atoms with Crippen LogP contribution in [0.25, 0.3) is 0 Å². The van der Waals surface area contributed by atoms with Crippen molar-refractivity contribution in [3.63, 3.8) is 0 Å². The predicted molar refractivity (Wildman–Crippen MR) is 174 cm³/mol. The first-order valence-corrected chi connectivity index (χ1v) is 16.3. The third-order valence-corrected chi connectivity index (χ3v) is 10.8. The second kappa shape index (κ2) is 11.9. The van der Waals surface area contributed by atoms with Gasteiger partial charge in [0.15, 0.2) is 0 Å². The lowest BCUT2D eigenvalue weighted by Gasteiger charge is -2.50. The minimum Gasteiger partial charge on any atom is -0.508 e. The Morgan fingerprint density at radius 2 is 1.73 bits per heavy atom. The number of imide groups is 2. The maximum absolute atomic E-state index is 15.2. The second-order valence-electron chi connectivity index (χ2n) is 12.8. The number of allylic oxidation sites excluding steroid dienone is 2. The fourth-order valence-electron chi connectivity index (χ4n) is 8.65. The van der Waals surface area contributed by atoms with Crippen LogP contribution in [0.2, 0.25) is 5.02 Å². The summed E-state index contributed by atoms with van der Waals surface area (Å²) in [5.74, 6) is -6.41. The van der Waals surface area contributed by atoms with Gasteiger partial charge >= 0.3 is 5.97 Å². The molecule has 0 spiro atoms. The summed E-state index contributed by atoms with van der Waals surface area (Å²) in [6.07, 6.45) is 2.16. The Morgan fingerprint density at radius 3 is 2.44 bits per heavy atom. The Labute approximate surface area is 281 Å². The van der Waals surface area contributed by atoms with Gasteiger partial charge in [0.05, 0.1) is 36.0 Å². The van der Waals surface area contributed by atoms with Crippen LogP contribution in [0.3, 0.4) is 0 Å². The average Bonchev–Trinajstić information content (AvgIpc) is 3.46. The Kier molecular flexibility index (Phi) is 7.86. The third kappa shape index (κ3) is 4.64. The van der Waals surface area contributed by atoms with E-state index >= 15 is 4.79 Å². The number of anilines is 1. The zero-order valence-electron chi connectivity index (χ0n) is 26.0. The standard InChI is InChI=1S/C37H33ClN2O8/c1-48-23-12-15-29(41)27(18-23)32-24-13-14-25-31(35(46)39(33(25)44)16-6-11-30(42)43)26(24)19-28-34(45)40(22-10-5-9-21(38)17-22)36(47)37(28,32)20-7-3-2-4-8-20/h2-5,7-10,12-13,15,17-18,25-26,28,31-32,41H,6,11,14,16,19H2,1H3,(H,42,43)/t25-,26+,28-,31-,32+,37+/m0/s1. The predicted octanol–water partition coefficient (Wildman–Crippen LogP) is 5.08. The van der Waals surface area contributed by atoms with E-state index < -0.39 is 58.7 Å².